The average molecular weight is 465 g/mol. The number of aromatic nitrogens is 1. The van der Waals surface area contributed by atoms with Crippen molar-refractivity contribution in [3.05, 3.63) is 68.2 Å². The zero-order valence-corrected chi connectivity index (χ0v) is 18.7. The van der Waals surface area contributed by atoms with Gasteiger partial charge in [-0.1, -0.05) is 28.4 Å². The molecule has 1 aliphatic rings. The molecule has 0 radical (unpaired) electrons. The lowest BCUT2D eigenvalue weighted by Gasteiger charge is -2.38. The summed E-state index contributed by atoms with van der Waals surface area (Å²) in [6.45, 7) is 4.26. The van der Waals surface area contributed by atoms with Crippen LogP contribution in [-0.2, 0) is 6.54 Å². The molecular weight excluding hydrogens is 443 g/mol. The van der Waals surface area contributed by atoms with Gasteiger partial charge in [0.15, 0.2) is 0 Å². The highest BCUT2D eigenvalue weighted by atomic mass is 35.5. The van der Waals surface area contributed by atoms with Crippen LogP contribution in [0.1, 0.15) is 28.7 Å². The van der Waals surface area contributed by atoms with Gasteiger partial charge in [0.2, 0.25) is 0 Å². The zero-order chi connectivity index (χ0) is 21.1. The molecule has 0 unspecified atom stereocenters. The number of hydrogen-bond acceptors (Lipinski definition) is 5. The third-order valence-electron chi connectivity index (χ3n) is 5.14. The number of anilines is 1. The maximum absolute atomic E-state index is 12.6. The van der Waals surface area contributed by atoms with Crippen LogP contribution in [0.15, 0.2) is 47.0 Å². The predicted molar refractivity (Wildman–Crippen MR) is 121 cm³/mol. The van der Waals surface area contributed by atoms with Crippen LogP contribution in [0.2, 0.25) is 9.36 Å². The van der Waals surface area contributed by atoms with E-state index >= 15 is 0 Å². The van der Waals surface area contributed by atoms with E-state index in [2.05, 4.69) is 20.7 Å². The second kappa shape index (κ2) is 9.39. The number of piperidine rings is 1. The molecule has 0 bridgehead atoms. The number of urea groups is 1. The highest BCUT2D eigenvalue weighted by molar-refractivity contribution is 7.16. The van der Waals surface area contributed by atoms with Gasteiger partial charge in [-0.25, -0.2) is 4.79 Å². The van der Waals surface area contributed by atoms with Crippen molar-refractivity contribution in [1.82, 2.24) is 15.4 Å². The molecule has 1 saturated heterocycles. The van der Waals surface area contributed by atoms with Gasteiger partial charge >= 0.3 is 6.03 Å². The summed E-state index contributed by atoms with van der Waals surface area (Å²) in [6, 6.07) is 12.7. The summed E-state index contributed by atoms with van der Waals surface area (Å²) in [5, 5.41) is 10.8. The molecule has 1 aromatic carbocycles. The van der Waals surface area contributed by atoms with Gasteiger partial charge in [-0.2, -0.15) is 0 Å². The minimum atomic E-state index is -0.226. The molecule has 6 nitrogen and oxygen atoms in total. The smallest absolute Gasteiger partial charge is 0.319 e. The van der Waals surface area contributed by atoms with Gasteiger partial charge in [0.1, 0.15) is 5.76 Å². The number of benzene rings is 1. The minimum absolute atomic E-state index is 0.00214. The van der Waals surface area contributed by atoms with Crippen molar-refractivity contribution < 1.29 is 9.32 Å². The molecule has 2 aromatic heterocycles. The number of nitrogens with one attached hydrogen (secondary N) is 2. The monoisotopic (exact) mass is 464 g/mol. The SMILES string of the molecule is Cc1cc(CN2CC[C@@H](NC(=O)Nc3ccc(Cl)cc3)[C@H](c3ccc(Cl)s3)C2)no1. The Morgan fingerprint density at radius 3 is 2.73 bits per heavy atom. The summed E-state index contributed by atoms with van der Waals surface area (Å²) >= 11 is 13.7. The molecule has 1 aliphatic heterocycles. The van der Waals surface area contributed by atoms with Crippen molar-refractivity contribution in [2.75, 3.05) is 18.4 Å². The maximum atomic E-state index is 12.6. The number of carbonyl (C=O) groups excluding carboxylic acids is 1. The van der Waals surface area contributed by atoms with E-state index in [1.165, 1.54) is 0 Å². The van der Waals surface area contributed by atoms with Crippen LogP contribution < -0.4 is 10.6 Å². The van der Waals surface area contributed by atoms with Gasteiger partial charge in [0.05, 0.1) is 10.0 Å². The fourth-order valence-electron chi connectivity index (χ4n) is 3.74. The summed E-state index contributed by atoms with van der Waals surface area (Å²) < 4.78 is 5.94. The molecule has 0 spiro atoms. The van der Waals surface area contributed by atoms with Crippen LogP contribution >= 0.6 is 34.5 Å². The van der Waals surface area contributed by atoms with Crippen LogP contribution in [0.3, 0.4) is 0 Å². The largest absolute Gasteiger partial charge is 0.361 e. The molecule has 9 heteroatoms. The highest BCUT2D eigenvalue weighted by Gasteiger charge is 2.33. The van der Waals surface area contributed by atoms with Gasteiger partial charge < -0.3 is 15.2 Å². The molecule has 30 heavy (non-hydrogen) atoms. The number of nitrogens with zero attached hydrogens (tertiary/aromatic N) is 2. The Morgan fingerprint density at radius 2 is 2.07 bits per heavy atom. The number of likely N-dealkylation sites (tertiary alicyclic amines) is 1. The van der Waals surface area contributed by atoms with Crippen molar-refractivity contribution in [1.29, 1.82) is 0 Å². The topological polar surface area (TPSA) is 70.4 Å². The first-order valence-electron chi connectivity index (χ1n) is 9.69. The Labute approximate surface area is 189 Å². The van der Waals surface area contributed by atoms with Gasteiger partial charge in [-0.15, -0.1) is 11.3 Å². The standard InChI is InChI=1S/C21H22Cl2N4O2S/c1-13-10-16(26-29-13)11-27-9-8-18(17(12-27)19-6-7-20(23)30-19)25-21(28)24-15-4-2-14(22)3-5-15/h2-7,10,17-18H,8-9,11-12H2,1H3,(H2,24,25,28)/t17-,18-/m1/s1. The van der Waals surface area contributed by atoms with Crippen molar-refractivity contribution in [3.8, 4) is 0 Å². The molecule has 158 valence electrons. The maximum Gasteiger partial charge on any atom is 0.319 e. The first-order valence-corrected chi connectivity index (χ1v) is 11.3. The van der Waals surface area contributed by atoms with Gasteiger partial charge in [-0.3, -0.25) is 4.90 Å². The van der Waals surface area contributed by atoms with E-state index in [1.807, 2.05) is 25.1 Å². The van der Waals surface area contributed by atoms with Crippen molar-refractivity contribution in [2.45, 2.75) is 31.8 Å². The lowest BCUT2D eigenvalue weighted by molar-refractivity contribution is 0.166. The van der Waals surface area contributed by atoms with E-state index in [-0.39, 0.29) is 18.0 Å². The summed E-state index contributed by atoms with van der Waals surface area (Å²) in [4.78, 5) is 16.1. The fourth-order valence-corrected chi connectivity index (χ4v) is 5.09. The van der Waals surface area contributed by atoms with E-state index in [4.69, 9.17) is 27.7 Å². The molecule has 3 heterocycles. The summed E-state index contributed by atoms with van der Waals surface area (Å²) in [5.74, 6) is 0.947. The van der Waals surface area contributed by atoms with Crippen molar-refractivity contribution in [3.63, 3.8) is 0 Å². The van der Waals surface area contributed by atoms with E-state index < -0.39 is 0 Å². The number of halogens is 2. The highest BCUT2D eigenvalue weighted by Crippen LogP contribution is 2.34. The molecule has 0 aliphatic carbocycles. The summed E-state index contributed by atoms with van der Waals surface area (Å²) in [7, 11) is 0. The number of aryl methyl sites for hydroxylation is 1. The van der Waals surface area contributed by atoms with Gasteiger partial charge in [0.25, 0.3) is 0 Å². The third kappa shape index (κ3) is 5.35. The summed E-state index contributed by atoms with van der Waals surface area (Å²) in [5.41, 5.74) is 1.62. The Kier molecular flexibility index (Phi) is 6.63. The Hall–Kier alpha value is -2.06. The molecule has 2 N–H and O–H groups in total. The van der Waals surface area contributed by atoms with E-state index in [0.717, 1.165) is 46.7 Å². The molecule has 0 saturated carbocycles. The van der Waals surface area contributed by atoms with Gasteiger partial charge in [0, 0.05) is 53.2 Å². The number of hydrogen-bond donors (Lipinski definition) is 2. The number of thiophene rings is 1. The van der Waals surface area contributed by atoms with Crippen molar-refractivity contribution >= 4 is 46.3 Å². The van der Waals surface area contributed by atoms with E-state index in [0.29, 0.717) is 10.7 Å². The Morgan fingerprint density at radius 1 is 1.27 bits per heavy atom. The lowest BCUT2D eigenvalue weighted by Crippen LogP contribution is -2.50. The Bertz CT molecular complexity index is 1000. The number of rotatable bonds is 5. The first-order chi connectivity index (χ1) is 14.5. The van der Waals surface area contributed by atoms with Crippen LogP contribution in [0.25, 0.3) is 0 Å². The summed E-state index contributed by atoms with van der Waals surface area (Å²) in [6.07, 6.45) is 0.824. The number of carbonyl (C=O) groups is 1. The fraction of sp³-hybridized carbons (Fsp3) is 0.333. The molecule has 1 fully saturated rings. The minimum Gasteiger partial charge on any atom is -0.361 e. The van der Waals surface area contributed by atoms with Gasteiger partial charge in [-0.05, 0) is 49.7 Å². The van der Waals surface area contributed by atoms with Crippen LogP contribution in [-0.4, -0.2) is 35.2 Å². The quantitative estimate of drug-likeness (QED) is 0.520. The molecule has 2 atom stereocenters. The third-order valence-corrected chi connectivity index (χ3v) is 6.75. The van der Waals surface area contributed by atoms with E-state index in [1.54, 1.807) is 35.6 Å². The predicted octanol–water partition coefficient (Wildman–Crippen LogP) is 5.53. The lowest BCUT2D eigenvalue weighted by atomic mass is 9.90. The average Bonchev–Trinajstić information content (AvgIpc) is 3.33. The molecule has 4 rings (SSSR count). The van der Waals surface area contributed by atoms with E-state index in [9.17, 15) is 4.79 Å². The number of amides is 2. The van der Waals surface area contributed by atoms with Crippen molar-refractivity contribution in [2.24, 2.45) is 0 Å². The zero-order valence-electron chi connectivity index (χ0n) is 16.4. The molecule has 3 aromatic rings. The molecular formula is C21H22Cl2N4O2S. The first kappa shape index (κ1) is 21.2. The van der Waals surface area contributed by atoms with Crippen LogP contribution in [0.5, 0.6) is 0 Å². The second-order valence-corrected chi connectivity index (χ2v) is 9.60. The molecule has 2 amide bonds. The van der Waals surface area contributed by atoms with Crippen LogP contribution in [0, 0.1) is 6.92 Å². The Balaban J connectivity index is 1.44. The van der Waals surface area contributed by atoms with Crippen LogP contribution in [0.4, 0.5) is 10.5 Å². The normalized spacial score (nSPS) is 19.6. The second-order valence-electron chi connectivity index (χ2n) is 7.41.